The van der Waals surface area contributed by atoms with Gasteiger partial charge in [-0.3, -0.25) is 4.79 Å². The number of benzene rings is 2. The van der Waals surface area contributed by atoms with Crippen molar-refractivity contribution in [1.29, 1.82) is 0 Å². The molecule has 146 valence electrons. The number of rotatable bonds is 5. The Hall–Kier alpha value is -3.15. The van der Waals surface area contributed by atoms with Crippen LogP contribution < -0.4 is 0 Å². The molecule has 0 aliphatic rings. The number of aromatic nitrogens is 3. The van der Waals surface area contributed by atoms with Crippen molar-refractivity contribution < 1.29 is 14.6 Å². The van der Waals surface area contributed by atoms with Crippen molar-refractivity contribution in [3.63, 3.8) is 0 Å². The van der Waals surface area contributed by atoms with Gasteiger partial charge in [-0.2, -0.15) is 15.4 Å². The molecule has 0 bridgehead atoms. The molecule has 0 radical (unpaired) electrons. The molecule has 28 heavy (non-hydrogen) atoms. The predicted molar refractivity (Wildman–Crippen MR) is 108 cm³/mol. The fourth-order valence-corrected chi connectivity index (χ4v) is 3.24. The van der Waals surface area contributed by atoms with Crippen molar-refractivity contribution in [3.05, 3.63) is 53.7 Å². The molecule has 0 saturated carbocycles. The first-order valence-corrected chi connectivity index (χ1v) is 9.20. The largest absolute Gasteiger partial charge is 0.507 e. The van der Waals surface area contributed by atoms with Crippen LogP contribution in [0, 0.1) is 0 Å². The molecule has 0 fully saturated rings. The fourth-order valence-electron chi connectivity index (χ4n) is 3.24. The van der Waals surface area contributed by atoms with Crippen LogP contribution >= 0.6 is 0 Å². The van der Waals surface area contributed by atoms with E-state index < -0.39 is 0 Å². The molecule has 0 aliphatic heterocycles. The van der Waals surface area contributed by atoms with E-state index in [9.17, 15) is 9.90 Å². The summed E-state index contributed by atoms with van der Waals surface area (Å²) in [5, 5.41) is 21.8. The lowest BCUT2D eigenvalue weighted by Gasteiger charge is -2.24. The average Bonchev–Trinajstić information content (AvgIpc) is 3.20. The quantitative estimate of drug-likeness (QED) is 0.647. The van der Waals surface area contributed by atoms with Gasteiger partial charge < -0.3 is 9.84 Å². The molecule has 0 atom stereocenters. The predicted octanol–water partition coefficient (Wildman–Crippen LogP) is 4.25. The summed E-state index contributed by atoms with van der Waals surface area (Å²) in [5.41, 5.74) is 4.69. The van der Waals surface area contributed by atoms with Crippen molar-refractivity contribution in [1.82, 2.24) is 15.4 Å². The van der Waals surface area contributed by atoms with Crippen LogP contribution in [-0.2, 0) is 21.4 Å². The number of H-pyrrole nitrogens is 1. The molecule has 3 rings (SSSR count). The highest BCUT2D eigenvalue weighted by atomic mass is 16.5. The number of carbonyl (C=O) groups excluding carboxylic acids is 1. The standard InChI is InChI=1S/C22H25N3O3/c1-22(2,3)18-12-14(9-10-20(26)28-4)11-17(21(18)27)15-7-5-6-8-16(15)19-13-23-25-24-19/h5-8,11-13,27H,9-10H2,1-4H3,(H,23,24,25). The smallest absolute Gasteiger partial charge is 0.305 e. The number of nitrogens with zero attached hydrogens (tertiary/aromatic N) is 2. The number of phenolic OH excluding ortho intramolecular Hbond substituents is 1. The number of hydrogen-bond acceptors (Lipinski definition) is 5. The molecule has 0 spiro atoms. The van der Waals surface area contributed by atoms with Crippen molar-refractivity contribution in [2.75, 3.05) is 7.11 Å². The number of phenols is 1. The molecular formula is C22H25N3O3. The van der Waals surface area contributed by atoms with E-state index in [1.165, 1.54) is 7.11 Å². The Morgan fingerprint density at radius 3 is 2.46 bits per heavy atom. The van der Waals surface area contributed by atoms with Crippen LogP contribution in [0.15, 0.2) is 42.6 Å². The number of carbonyl (C=O) groups is 1. The second kappa shape index (κ2) is 7.84. The lowest BCUT2D eigenvalue weighted by Crippen LogP contribution is -2.13. The molecule has 0 aliphatic carbocycles. The number of aromatic amines is 1. The van der Waals surface area contributed by atoms with Crippen LogP contribution in [0.5, 0.6) is 5.75 Å². The zero-order chi connectivity index (χ0) is 20.3. The minimum absolute atomic E-state index is 0.241. The van der Waals surface area contributed by atoms with Crippen molar-refractivity contribution in [2.24, 2.45) is 0 Å². The van der Waals surface area contributed by atoms with E-state index in [4.69, 9.17) is 4.74 Å². The Balaban J connectivity index is 2.17. The lowest BCUT2D eigenvalue weighted by atomic mass is 9.82. The van der Waals surface area contributed by atoms with Gasteiger partial charge in [0.05, 0.1) is 13.3 Å². The maximum absolute atomic E-state index is 11.6. The highest BCUT2D eigenvalue weighted by Gasteiger charge is 2.23. The van der Waals surface area contributed by atoms with Gasteiger partial charge in [0.2, 0.25) is 0 Å². The molecule has 2 N–H and O–H groups in total. The van der Waals surface area contributed by atoms with E-state index in [0.29, 0.717) is 17.7 Å². The molecule has 6 heteroatoms. The number of hydrogen-bond donors (Lipinski definition) is 2. The molecule has 6 nitrogen and oxygen atoms in total. The van der Waals surface area contributed by atoms with Crippen molar-refractivity contribution in [3.8, 4) is 28.1 Å². The van der Waals surface area contributed by atoms with Crippen LogP contribution in [0.3, 0.4) is 0 Å². The van der Waals surface area contributed by atoms with Crippen LogP contribution in [0.1, 0.15) is 38.3 Å². The summed E-state index contributed by atoms with van der Waals surface area (Å²) in [6, 6.07) is 11.7. The Morgan fingerprint density at radius 1 is 1.14 bits per heavy atom. The maximum atomic E-state index is 11.6. The van der Waals surface area contributed by atoms with Gasteiger partial charge in [-0.1, -0.05) is 51.1 Å². The number of nitrogens with one attached hydrogen (secondary N) is 1. The second-order valence-electron chi connectivity index (χ2n) is 7.77. The van der Waals surface area contributed by atoms with Gasteiger partial charge in [-0.25, -0.2) is 0 Å². The van der Waals surface area contributed by atoms with Crippen molar-refractivity contribution >= 4 is 5.97 Å². The molecule has 2 aromatic carbocycles. The fraction of sp³-hybridized carbons (Fsp3) is 0.318. The van der Waals surface area contributed by atoms with Gasteiger partial charge >= 0.3 is 5.97 Å². The van der Waals surface area contributed by atoms with E-state index in [1.807, 2.05) is 36.4 Å². The molecule has 1 aromatic heterocycles. The summed E-state index contributed by atoms with van der Waals surface area (Å²) in [6.07, 6.45) is 2.48. The molecular weight excluding hydrogens is 354 g/mol. The number of aromatic hydroxyl groups is 1. The molecule has 0 unspecified atom stereocenters. The van der Waals surface area contributed by atoms with Gasteiger partial charge in [0.25, 0.3) is 0 Å². The van der Waals surface area contributed by atoms with Gasteiger partial charge in [0, 0.05) is 23.1 Å². The summed E-state index contributed by atoms with van der Waals surface area (Å²) >= 11 is 0. The van der Waals surface area contributed by atoms with Gasteiger partial charge in [0.15, 0.2) is 0 Å². The SMILES string of the molecule is COC(=O)CCc1cc(-c2ccccc2-c2cn[nH]n2)c(O)c(C(C)(C)C)c1. The first kappa shape index (κ1) is 19.6. The molecule has 1 heterocycles. The summed E-state index contributed by atoms with van der Waals surface area (Å²) in [6.45, 7) is 6.17. The summed E-state index contributed by atoms with van der Waals surface area (Å²) in [7, 11) is 1.39. The first-order chi connectivity index (χ1) is 13.3. The highest BCUT2D eigenvalue weighted by Crippen LogP contribution is 2.42. The van der Waals surface area contributed by atoms with Crippen molar-refractivity contribution in [2.45, 2.75) is 39.0 Å². The Labute approximate surface area is 164 Å². The molecule has 0 amide bonds. The third-order valence-electron chi connectivity index (χ3n) is 4.73. The van der Waals surface area contributed by atoms with E-state index in [2.05, 4.69) is 36.2 Å². The van der Waals surface area contributed by atoms with Crippen LogP contribution in [0.2, 0.25) is 0 Å². The summed E-state index contributed by atoms with van der Waals surface area (Å²) < 4.78 is 4.77. The Kier molecular flexibility index (Phi) is 5.49. The maximum Gasteiger partial charge on any atom is 0.305 e. The minimum Gasteiger partial charge on any atom is -0.507 e. The molecule has 0 saturated heterocycles. The summed E-state index contributed by atoms with van der Waals surface area (Å²) in [4.78, 5) is 11.6. The minimum atomic E-state index is -0.261. The number of esters is 1. The number of ether oxygens (including phenoxy) is 1. The monoisotopic (exact) mass is 379 g/mol. The lowest BCUT2D eigenvalue weighted by molar-refractivity contribution is -0.140. The Morgan fingerprint density at radius 2 is 1.86 bits per heavy atom. The average molecular weight is 379 g/mol. The number of aryl methyl sites for hydroxylation is 1. The van der Waals surface area contributed by atoms with Crippen LogP contribution in [0.25, 0.3) is 22.4 Å². The van der Waals surface area contributed by atoms with Gasteiger partial charge in [-0.15, -0.1) is 0 Å². The zero-order valence-corrected chi connectivity index (χ0v) is 16.6. The second-order valence-corrected chi connectivity index (χ2v) is 7.77. The zero-order valence-electron chi connectivity index (χ0n) is 16.6. The molecule has 3 aromatic rings. The van der Waals surface area contributed by atoms with Crippen LogP contribution in [-0.4, -0.2) is 33.6 Å². The van der Waals surface area contributed by atoms with E-state index in [0.717, 1.165) is 22.3 Å². The topological polar surface area (TPSA) is 88.1 Å². The van der Waals surface area contributed by atoms with E-state index >= 15 is 0 Å². The Bertz CT molecular complexity index is 973. The summed E-state index contributed by atoms with van der Waals surface area (Å²) in [5.74, 6) is -0.0137. The third kappa shape index (κ3) is 4.06. The van der Waals surface area contributed by atoms with Gasteiger partial charge in [-0.05, 0) is 29.0 Å². The van der Waals surface area contributed by atoms with Crippen LogP contribution in [0.4, 0.5) is 0 Å². The third-order valence-corrected chi connectivity index (χ3v) is 4.73. The van der Waals surface area contributed by atoms with E-state index in [1.54, 1.807) is 6.20 Å². The highest BCUT2D eigenvalue weighted by molar-refractivity contribution is 5.85. The normalized spacial score (nSPS) is 11.4. The first-order valence-electron chi connectivity index (χ1n) is 9.20. The van der Waals surface area contributed by atoms with Gasteiger partial charge in [0.1, 0.15) is 11.4 Å². The number of methoxy groups -OCH3 is 1. The van der Waals surface area contributed by atoms with E-state index in [-0.39, 0.29) is 23.6 Å².